The maximum absolute atomic E-state index is 12.7. The lowest BCUT2D eigenvalue weighted by Crippen LogP contribution is -2.47. The van der Waals surface area contributed by atoms with E-state index in [0.717, 1.165) is 31.1 Å². The van der Waals surface area contributed by atoms with Crippen LogP contribution < -0.4 is 10.1 Å². The fraction of sp³-hybridized carbons (Fsp3) is 0.409. The summed E-state index contributed by atoms with van der Waals surface area (Å²) < 4.78 is 5.91. The van der Waals surface area contributed by atoms with Crippen LogP contribution in [0.2, 0.25) is 0 Å². The molecule has 0 bridgehead atoms. The Labute approximate surface area is 168 Å². The number of fused-ring (bicyclic) bond motifs is 1. The molecule has 0 aliphatic carbocycles. The topological polar surface area (TPSA) is 103 Å². The monoisotopic (exact) mass is 393 g/mol. The second kappa shape index (κ2) is 8.10. The molecule has 2 aromatic carbocycles. The fourth-order valence-corrected chi connectivity index (χ4v) is 4.24. The maximum Gasteiger partial charge on any atom is 0.336 e. The Hall–Kier alpha value is -3.11. The average Bonchev–Trinajstić information content (AvgIpc) is 3.40. The van der Waals surface area contributed by atoms with Gasteiger partial charge in [-0.15, -0.1) is 0 Å². The predicted octanol–water partition coefficient (Wildman–Crippen LogP) is 2.55. The van der Waals surface area contributed by atoms with E-state index < -0.39 is 5.97 Å². The van der Waals surface area contributed by atoms with E-state index in [4.69, 9.17) is 4.74 Å². The normalized spacial score (nSPS) is 23.8. The smallest absolute Gasteiger partial charge is 0.336 e. The number of carbonyl (C=O) groups is 2. The van der Waals surface area contributed by atoms with Gasteiger partial charge >= 0.3 is 5.97 Å². The second-order valence-electron chi connectivity index (χ2n) is 7.62. The summed E-state index contributed by atoms with van der Waals surface area (Å²) in [5.74, 6) is -0.268. The van der Waals surface area contributed by atoms with Crippen LogP contribution in [0.4, 0.5) is 0 Å². The summed E-state index contributed by atoms with van der Waals surface area (Å²) in [6.07, 6.45) is 3.21. The molecule has 2 aliphatic rings. The molecule has 0 aromatic heterocycles. The number of benzene rings is 2. The SMILES string of the molecule is N#C[C@@H]1CCCN1C(=O)[C@@H]1CC[C@H](COc2ccc3c(C(=O)O)cccc3c2)N1. The molecule has 0 radical (unpaired) electrons. The minimum absolute atomic E-state index is 0.0171. The van der Waals surface area contributed by atoms with Crippen LogP contribution in [0, 0.1) is 11.3 Å². The third kappa shape index (κ3) is 3.89. The molecule has 2 heterocycles. The number of aromatic carboxylic acids is 1. The lowest BCUT2D eigenvalue weighted by Gasteiger charge is -2.24. The molecule has 2 aliphatic heterocycles. The molecule has 150 valence electrons. The lowest BCUT2D eigenvalue weighted by atomic mass is 10.0. The highest BCUT2D eigenvalue weighted by Gasteiger charge is 2.36. The summed E-state index contributed by atoms with van der Waals surface area (Å²) in [5, 5.41) is 23.3. The van der Waals surface area contributed by atoms with Gasteiger partial charge in [0.15, 0.2) is 0 Å². The molecule has 0 unspecified atom stereocenters. The van der Waals surface area contributed by atoms with E-state index >= 15 is 0 Å². The number of ether oxygens (including phenoxy) is 1. The Morgan fingerprint density at radius 2 is 2.10 bits per heavy atom. The molecule has 1 amide bonds. The van der Waals surface area contributed by atoms with Gasteiger partial charge in [0.05, 0.1) is 17.7 Å². The van der Waals surface area contributed by atoms with Crippen molar-refractivity contribution in [3.8, 4) is 11.8 Å². The first-order valence-corrected chi connectivity index (χ1v) is 9.92. The van der Waals surface area contributed by atoms with Crippen molar-refractivity contribution in [1.82, 2.24) is 10.2 Å². The van der Waals surface area contributed by atoms with E-state index in [1.807, 2.05) is 12.1 Å². The fourth-order valence-electron chi connectivity index (χ4n) is 4.24. The highest BCUT2D eigenvalue weighted by Crippen LogP contribution is 2.25. The zero-order valence-corrected chi connectivity index (χ0v) is 16.0. The van der Waals surface area contributed by atoms with Crippen molar-refractivity contribution < 1.29 is 19.4 Å². The Morgan fingerprint density at radius 1 is 1.24 bits per heavy atom. The number of carboxylic acid groups (broad SMARTS) is 1. The minimum atomic E-state index is -0.952. The first kappa shape index (κ1) is 19.2. The zero-order chi connectivity index (χ0) is 20.4. The first-order valence-electron chi connectivity index (χ1n) is 9.92. The first-order chi connectivity index (χ1) is 14.1. The standard InChI is InChI=1S/C22H23N3O4/c23-12-16-4-2-10-25(16)21(26)20-9-6-15(24-20)13-29-17-7-8-18-14(11-17)3-1-5-19(18)22(27)28/h1,3,5,7-8,11,15-16,20,24H,2,4,6,9-10,13H2,(H,27,28)/t15-,16+,20+/m1/s1. The Balaban J connectivity index is 1.36. The molecule has 7 heteroatoms. The van der Waals surface area contributed by atoms with Gasteiger partial charge in [0, 0.05) is 12.6 Å². The molecule has 7 nitrogen and oxygen atoms in total. The number of nitrogens with zero attached hydrogens (tertiary/aromatic N) is 2. The summed E-state index contributed by atoms with van der Waals surface area (Å²) in [7, 11) is 0. The van der Waals surface area contributed by atoms with E-state index in [1.165, 1.54) is 0 Å². The van der Waals surface area contributed by atoms with Crippen molar-refractivity contribution in [3.05, 3.63) is 42.0 Å². The number of hydrogen-bond donors (Lipinski definition) is 2. The van der Waals surface area contributed by atoms with E-state index in [1.54, 1.807) is 29.2 Å². The number of amides is 1. The van der Waals surface area contributed by atoms with Crippen molar-refractivity contribution in [3.63, 3.8) is 0 Å². The molecule has 2 fully saturated rings. The van der Waals surface area contributed by atoms with Crippen molar-refractivity contribution >= 4 is 22.6 Å². The van der Waals surface area contributed by atoms with E-state index in [9.17, 15) is 20.0 Å². The highest BCUT2D eigenvalue weighted by molar-refractivity contribution is 6.03. The van der Waals surface area contributed by atoms with Crippen LogP contribution in [-0.2, 0) is 4.79 Å². The molecule has 3 atom stereocenters. The van der Waals surface area contributed by atoms with Crippen molar-refractivity contribution in [1.29, 1.82) is 5.26 Å². The van der Waals surface area contributed by atoms with Crippen molar-refractivity contribution in [2.75, 3.05) is 13.2 Å². The van der Waals surface area contributed by atoms with Crippen LogP contribution in [0.3, 0.4) is 0 Å². The van der Waals surface area contributed by atoms with Crippen LogP contribution in [0.15, 0.2) is 36.4 Å². The largest absolute Gasteiger partial charge is 0.492 e. The third-order valence-electron chi connectivity index (χ3n) is 5.76. The number of carboxylic acids is 1. The van der Waals surface area contributed by atoms with Crippen LogP contribution in [0.1, 0.15) is 36.0 Å². The number of likely N-dealkylation sites (tertiary alicyclic amines) is 1. The van der Waals surface area contributed by atoms with Gasteiger partial charge in [0.25, 0.3) is 0 Å². The Bertz CT molecular complexity index is 984. The van der Waals surface area contributed by atoms with Crippen LogP contribution in [-0.4, -0.2) is 53.2 Å². The zero-order valence-electron chi connectivity index (χ0n) is 16.0. The second-order valence-corrected chi connectivity index (χ2v) is 7.62. The molecular weight excluding hydrogens is 370 g/mol. The number of rotatable bonds is 5. The highest BCUT2D eigenvalue weighted by atomic mass is 16.5. The predicted molar refractivity (Wildman–Crippen MR) is 107 cm³/mol. The molecular formula is C22H23N3O4. The van der Waals surface area contributed by atoms with Gasteiger partial charge in [0.1, 0.15) is 18.4 Å². The van der Waals surface area contributed by atoms with Crippen LogP contribution >= 0.6 is 0 Å². The number of nitriles is 1. The molecule has 0 spiro atoms. The third-order valence-corrected chi connectivity index (χ3v) is 5.76. The van der Waals surface area contributed by atoms with Crippen LogP contribution in [0.5, 0.6) is 5.75 Å². The quantitative estimate of drug-likeness (QED) is 0.809. The molecule has 2 aromatic rings. The van der Waals surface area contributed by atoms with E-state index in [2.05, 4.69) is 11.4 Å². The van der Waals surface area contributed by atoms with E-state index in [0.29, 0.717) is 24.3 Å². The Morgan fingerprint density at radius 3 is 2.90 bits per heavy atom. The van der Waals surface area contributed by atoms with Gasteiger partial charge in [-0.05, 0) is 60.7 Å². The molecule has 29 heavy (non-hydrogen) atoms. The molecule has 2 N–H and O–H groups in total. The van der Waals surface area contributed by atoms with Gasteiger partial charge in [-0.25, -0.2) is 4.79 Å². The summed E-state index contributed by atoms with van der Waals surface area (Å²) in [5.41, 5.74) is 0.269. The van der Waals surface area contributed by atoms with Gasteiger partial charge < -0.3 is 14.7 Å². The summed E-state index contributed by atoms with van der Waals surface area (Å²) in [6, 6.07) is 12.3. The Kier molecular flexibility index (Phi) is 5.36. The summed E-state index contributed by atoms with van der Waals surface area (Å²) in [4.78, 5) is 25.7. The van der Waals surface area contributed by atoms with Crippen LogP contribution in [0.25, 0.3) is 10.8 Å². The van der Waals surface area contributed by atoms with Crippen molar-refractivity contribution in [2.45, 2.75) is 43.8 Å². The van der Waals surface area contributed by atoms with E-state index in [-0.39, 0.29) is 29.6 Å². The summed E-state index contributed by atoms with van der Waals surface area (Å²) in [6.45, 7) is 1.08. The molecule has 2 saturated heterocycles. The van der Waals surface area contributed by atoms with Gasteiger partial charge in [-0.3, -0.25) is 10.1 Å². The molecule has 4 rings (SSSR count). The maximum atomic E-state index is 12.7. The van der Waals surface area contributed by atoms with Gasteiger partial charge in [-0.1, -0.05) is 12.1 Å². The minimum Gasteiger partial charge on any atom is -0.492 e. The van der Waals surface area contributed by atoms with Gasteiger partial charge in [0.2, 0.25) is 5.91 Å². The number of hydrogen-bond acceptors (Lipinski definition) is 5. The number of carbonyl (C=O) groups excluding carboxylic acids is 1. The van der Waals surface area contributed by atoms with Gasteiger partial charge in [-0.2, -0.15) is 5.26 Å². The average molecular weight is 393 g/mol. The molecule has 0 saturated carbocycles. The number of nitrogens with one attached hydrogen (secondary N) is 1. The summed E-state index contributed by atoms with van der Waals surface area (Å²) >= 11 is 0. The van der Waals surface area contributed by atoms with Crippen molar-refractivity contribution in [2.24, 2.45) is 0 Å². The lowest BCUT2D eigenvalue weighted by molar-refractivity contribution is -0.133.